The van der Waals surface area contributed by atoms with Crippen molar-refractivity contribution in [1.29, 1.82) is 0 Å². The minimum atomic E-state index is 0.516. The first-order valence-corrected chi connectivity index (χ1v) is 7.46. The van der Waals surface area contributed by atoms with Crippen molar-refractivity contribution in [3.63, 3.8) is 0 Å². The van der Waals surface area contributed by atoms with Gasteiger partial charge in [-0.25, -0.2) is 4.98 Å². The van der Waals surface area contributed by atoms with Crippen LogP contribution < -0.4 is 10.2 Å². The van der Waals surface area contributed by atoms with E-state index in [1.165, 1.54) is 24.8 Å². The molecule has 19 heavy (non-hydrogen) atoms. The Labute approximate surface area is 115 Å². The standard InChI is InChI=1S/C15H24N4/c1-18-8-10-19(11-9-18)15-6-5-13(12-17-15)14-4-2-3-7-16-14/h5-6,12,14,16H,2-4,7-11H2,1H3/t14-/m1/s1. The molecule has 3 rings (SSSR count). The maximum absolute atomic E-state index is 4.67. The Morgan fingerprint density at radius 3 is 2.63 bits per heavy atom. The molecule has 1 aromatic heterocycles. The van der Waals surface area contributed by atoms with Gasteiger partial charge in [-0.3, -0.25) is 0 Å². The van der Waals surface area contributed by atoms with Gasteiger partial charge in [0.1, 0.15) is 5.82 Å². The van der Waals surface area contributed by atoms with Gasteiger partial charge in [0.2, 0.25) is 0 Å². The molecular weight excluding hydrogens is 236 g/mol. The third-order valence-electron chi connectivity index (χ3n) is 4.31. The molecule has 2 aliphatic heterocycles. The molecule has 1 atom stereocenters. The summed E-state index contributed by atoms with van der Waals surface area (Å²) >= 11 is 0. The van der Waals surface area contributed by atoms with Crippen molar-refractivity contribution in [2.45, 2.75) is 25.3 Å². The van der Waals surface area contributed by atoms with Gasteiger partial charge >= 0.3 is 0 Å². The third kappa shape index (κ3) is 3.07. The predicted molar refractivity (Wildman–Crippen MR) is 78.5 cm³/mol. The third-order valence-corrected chi connectivity index (χ3v) is 4.31. The molecule has 1 aromatic rings. The number of nitrogens with zero attached hydrogens (tertiary/aromatic N) is 3. The number of anilines is 1. The van der Waals surface area contributed by atoms with E-state index in [1.54, 1.807) is 0 Å². The average molecular weight is 260 g/mol. The molecule has 2 aliphatic rings. The number of rotatable bonds is 2. The minimum absolute atomic E-state index is 0.516. The quantitative estimate of drug-likeness (QED) is 0.876. The maximum Gasteiger partial charge on any atom is 0.128 e. The van der Waals surface area contributed by atoms with Crippen molar-refractivity contribution in [2.24, 2.45) is 0 Å². The lowest BCUT2D eigenvalue weighted by Gasteiger charge is -2.33. The summed E-state index contributed by atoms with van der Waals surface area (Å²) in [4.78, 5) is 9.43. The molecular formula is C15H24N4. The number of nitrogens with one attached hydrogen (secondary N) is 1. The van der Waals surface area contributed by atoms with Crippen LogP contribution in [0.4, 0.5) is 5.82 Å². The van der Waals surface area contributed by atoms with Crippen LogP contribution in [0.1, 0.15) is 30.9 Å². The Morgan fingerprint density at radius 2 is 2.00 bits per heavy atom. The minimum Gasteiger partial charge on any atom is -0.354 e. The van der Waals surface area contributed by atoms with Crippen LogP contribution in [0.3, 0.4) is 0 Å². The van der Waals surface area contributed by atoms with Gasteiger partial charge in [0.15, 0.2) is 0 Å². The number of hydrogen-bond donors (Lipinski definition) is 1. The first-order chi connectivity index (χ1) is 9.33. The van der Waals surface area contributed by atoms with Crippen molar-refractivity contribution >= 4 is 5.82 Å². The summed E-state index contributed by atoms with van der Waals surface area (Å²) in [7, 11) is 2.18. The molecule has 0 aromatic carbocycles. The first kappa shape index (κ1) is 12.9. The molecule has 1 N–H and O–H groups in total. The zero-order chi connectivity index (χ0) is 13.1. The van der Waals surface area contributed by atoms with E-state index >= 15 is 0 Å². The molecule has 0 unspecified atom stereocenters. The molecule has 4 heteroatoms. The molecule has 2 fully saturated rings. The summed E-state index contributed by atoms with van der Waals surface area (Å²) in [6.45, 7) is 5.58. The zero-order valence-corrected chi connectivity index (χ0v) is 11.8. The fourth-order valence-electron chi connectivity index (χ4n) is 2.96. The zero-order valence-electron chi connectivity index (χ0n) is 11.8. The second-order valence-electron chi connectivity index (χ2n) is 5.74. The van der Waals surface area contributed by atoms with Crippen LogP contribution in [0.25, 0.3) is 0 Å². The van der Waals surface area contributed by atoms with E-state index in [9.17, 15) is 0 Å². The normalized spacial score (nSPS) is 25.5. The number of pyridine rings is 1. The molecule has 2 saturated heterocycles. The summed E-state index contributed by atoms with van der Waals surface area (Å²) in [6, 6.07) is 4.96. The number of hydrogen-bond acceptors (Lipinski definition) is 4. The summed E-state index contributed by atoms with van der Waals surface area (Å²) in [5.74, 6) is 1.13. The Kier molecular flexibility index (Phi) is 3.99. The van der Waals surface area contributed by atoms with Gasteiger partial charge in [0.25, 0.3) is 0 Å². The lowest BCUT2D eigenvalue weighted by atomic mass is 9.99. The summed E-state index contributed by atoms with van der Waals surface area (Å²) < 4.78 is 0. The lowest BCUT2D eigenvalue weighted by Crippen LogP contribution is -2.44. The van der Waals surface area contributed by atoms with E-state index in [2.05, 4.69) is 45.5 Å². The highest BCUT2D eigenvalue weighted by atomic mass is 15.3. The molecule has 3 heterocycles. The van der Waals surface area contributed by atoms with E-state index < -0.39 is 0 Å². The van der Waals surface area contributed by atoms with Crippen LogP contribution in [-0.4, -0.2) is 49.7 Å². The van der Waals surface area contributed by atoms with Crippen LogP contribution in [0.5, 0.6) is 0 Å². The summed E-state index contributed by atoms with van der Waals surface area (Å²) in [5, 5.41) is 3.58. The highest BCUT2D eigenvalue weighted by Gasteiger charge is 2.17. The van der Waals surface area contributed by atoms with Gasteiger partial charge in [-0.1, -0.05) is 12.5 Å². The number of aromatic nitrogens is 1. The molecule has 0 amide bonds. The molecule has 104 valence electrons. The van der Waals surface area contributed by atoms with Gasteiger partial charge in [0, 0.05) is 38.4 Å². The second kappa shape index (κ2) is 5.88. The Morgan fingerprint density at radius 1 is 1.16 bits per heavy atom. The lowest BCUT2D eigenvalue weighted by molar-refractivity contribution is 0.312. The van der Waals surface area contributed by atoms with Crippen molar-refractivity contribution in [3.05, 3.63) is 23.9 Å². The van der Waals surface area contributed by atoms with E-state index in [0.29, 0.717) is 6.04 Å². The highest BCUT2D eigenvalue weighted by molar-refractivity contribution is 5.40. The van der Waals surface area contributed by atoms with Crippen LogP contribution >= 0.6 is 0 Å². The van der Waals surface area contributed by atoms with Crippen LogP contribution in [0.2, 0.25) is 0 Å². The van der Waals surface area contributed by atoms with Crippen LogP contribution in [0, 0.1) is 0 Å². The van der Waals surface area contributed by atoms with Gasteiger partial charge in [-0.05, 0) is 38.1 Å². The van der Waals surface area contributed by atoms with E-state index in [1.807, 2.05) is 0 Å². The average Bonchev–Trinajstić information content (AvgIpc) is 2.49. The molecule has 0 aliphatic carbocycles. The molecule has 0 spiro atoms. The summed E-state index contributed by atoms with van der Waals surface area (Å²) in [5.41, 5.74) is 1.34. The number of likely N-dealkylation sites (N-methyl/N-ethyl adjacent to an activating group) is 1. The largest absolute Gasteiger partial charge is 0.354 e. The van der Waals surface area contributed by atoms with E-state index in [4.69, 9.17) is 0 Å². The van der Waals surface area contributed by atoms with Gasteiger partial charge < -0.3 is 15.1 Å². The van der Waals surface area contributed by atoms with Crippen LogP contribution in [0.15, 0.2) is 18.3 Å². The predicted octanol–water partition coefficient (Wildman–Crippen LogP) is 1.65. The Bertz CT molecular complexity index is 389. The van der Waals surface area contributed by atoms with Gasteiger partial charge in [-0.15, -0.1) is 0 Å². The monoisotopic (exact) mass is 260 g/mol. The van der Waals surface area contributed by atoms with Crippen molar-refractivity contribution in [2.75, 3.05) is 44.7 Å². The SMILES string of the molecule is CN1CCN(c2ccc([C@H]3CCCCN3)cn2)CC1. The first-order valence-electron chi connectivity index (χ1n) is 7.46. The maximum atomic E-state index is 4.67. The fourth-order valence-corrected chi connectivity index (χ4v) is 2.96. The Balaban J connectivity index is 1.65. The van der Waals surface area contributed by atoms with Crippen LogP contribution in [-0.2, 0) is 0 Å². The molecule has 4 nitrogen and oxygen atoms in total. The van der Waals surface area contributed by atoms with Crippen molar-refractivity contribution in [1.82, 2.24) is 15.2 Å². The van der Waals surface area contributed by atoms with Crippen molar-refractivity contribution < 1.29 is 0 Å². The second-order valence-corrected chi connectivity index (χ2v) is 5.74. The topological polar surface area (TPSA) is 31.4 Å². The van der Waals surface area contributed by atoms with Gasteiger partial charge in [0.05, 0.1) is 0 Å². The highest BCUT2D eigenvalue weighted by Crippen LogP contribution is 2.23. The molecule has 0 saturated carbocycles. The molecule has 0 radical (unpaired) electrons. The van der Waals surface area contributed by atoms with Crippen molar-refractivity contribution in [3.8, 4) is 0 Å². The summed E-state index contributed by atoms with van der Waals surface area (Å²) in [6.07, 6.45) is 5.95. The smallest absolute Gasteiger partial charge is 0.128 e. The fraction of sp³-hybridized carbons (Fsp3) is 0.667. The van der Waals surface area contributed by atoms with E-state index in [-0.39, 0.29) is 0 Å². The van der Waals surface area contributed by atoms with Gasteiger partial charge in [-0.2, -0.15) is 0 Å². The molecule has 0 bridgehead atoms. The van der Waals surface area contributed by atoms with E-state index in [0.717, 1.165) is 38.5 Å². The Hall–Kier alpha value is -1.13. The number of piperazine rings is 1. The number of piperidine rings is 1.